The van der Waals surface area contributed by atoms with Crippen molar-refractivity contribution in [3.05, 3.63) is 0 Å². The molecular formula is C7H13NO. The number of hydrogen-bond acceptors (Lipinski definition) is 2. The monoisotopic (exact) mass is 127 g/mol. The fraction of sp³-hybridized carbons (Fsp3) is 0.857. The van der Waals surface area contributed by atoms with Crippen LogP contribution < -0.4 is 0 Å². The lowest BCUT2D eigenvalue weighted by atomic mass is 10.1. The second-order valence-electron chi connectivity index (χ2n) is 2.68. The first kappa shape index (κ1) is 6.59. The summed E-state index contributed by atoms with van der Waals surface area (Å²) in [7, 11) is 0. The Morgan fingerprint density at radius 1 is 1.44 bits per heavy atom. The van der Waals surface area contributed by atoms with Crippen LogP contribution >= 0.6 is 0 Å². The first-order valence-corrected chi connectivity index (χ1v) is 3.59. The van der Waals surface area contributed by atoms with E-state index in [0.717, 1.165) is 12.3 Å². The molecule has 2 nitrogen and oxygen atoms in total. The highest BCUT2D eigenvalue weighted by Crippen LogP contribution is 2.26. The van der Waals surface area contributed by atoms with Crippen LogP contribution in [0.25, 0.3) is 0 Å². The Kier molecular flexibility index (Phi) is 2.55. The van der Waals surface area contributed by atoms with Crippen molar-refractivity contribution in [1.29, 1.82) is 0 Å². The standard InChI is InChI=1S/C7H13NO/c9-8-6-5-7-3-1-2-4-7/h6-7,9H,1-5H2. The van der Waals surface area contributed by atoms with E-state index in [-0.39, 0.29) is 0 Å². The topological polar surface area (TPSA) is 32.6 Å². The molecule has 0 aromatic rings. The van der Waals surface area contributed by atoms with Gasteiger partial charge in [0.2, 0.25) is 0 Å². The van der Waals surface area contributed by atoms with Crippen molar-refractivity contribution in [3.8, 4) is 0 Å². The third-order valence-corrected chi connectivity index (χ3v) is 2.00. The van der Waals surface area contributed by atoms with Crippen LogP contribution in [-0.2, 0) is 0 Å². The van der Waals surface area contributed by atoms with Gasteiger partial charge in [0, 0.05) is 6.21 Å². The predicted molar refractivity (Wildman–Crippen MR) is 36.9 cm³/mol. The molecule has 1 rings (SSSR count). The number of oxime groups is 1. The van der Waals surface area contributed by atoms with E-state index in [1.54, 1.807) is 6.21 Å². The van der Waals surface area contributed by atoms with E-state index in [1.165, 1.54) is 25.7 Å². The van der Waals surface area contributed by atoms with Gasteiger partial charge >= 0.3 is 0 Å². The third kappa shape index (κ3) is 2.04. The van der Waals surface area contributed by atoms with Crippen molar-refractivity contribution in [2.75, 3.05) is 0 Å². The maximum atomic E-state index is 8.10. The van der Waals surface area contributed by atoms with Crippen molar-refractivity contribution < 1.29 is 5.21 Å². The smallest absolute Gasteiger partial charge is 0.0438 e. The summed E-state index contributed by atoms with van der Waals surface area (Å²) in [6.45, 7) is 0. The van der Waals surface area contributed by atoms with Gasteiger partial charge < -0.3 is 5.21 Å². The lowest BCUT2D eigenvalue weighted by molar-refractivity contribution is 0.319. The second-order valence-corrected chi connectivity index (χ2v) is 2.68. The molecule has 0 saturated heterocycles. The van der Waals surface area contributed by atoms with Crippen LogP contribution in [0.4, 0.5) is 0 Å². The molecule has 1 N–H and O–H groups in total. The van der Waals surface area contributed by atoms with E-state index in [0.29, 0.717) is 0 Å². The molecule has 1 aliphatic carbocycles. The molecular weight excluding hydrogens is 114 g/mol. The molecule has 0 aliphatic heterocycles. The summed E-state index contributed by atoms with van der Waals surface area (Å²) in [5, 5.41) is 11.1. The molecule has 0 amide bonds. The molecule has 2 heteroatoms. The number of rotatable bonds is 2. The largest absolute Gasteiger partial charge is 0.411 e. The fourth-order valence-electron chi connectivity index (χ4n) is 1.44. The molecule has 9 heavy (non-hydrogen) atoms. The van der Waals surface area contributed by atoms with Crippen LogP contribution in [0.5, 0.6) is 0 Å². The van der Waals surface area contributed by atoms with E-state index >= 15 is 0 Å². The van der Waals surface area contributed by atoms with Gasteiger partial charge in [-0.3, -0.25) is 0 Å². The molecule has 0 unspecified atom stereocenters. The van der Waals surface area contributed by atoms with Gasteiger partial charge in [-0.15, -0.1) is 5.16 Å². The first-order valence-electron chi connectivity index (χ1n) is 3.59. The molecule has 52 valence electrons. The molecule has 0 aromatic heterocycles. The van der Waals surface area contributed by atoms with Gasteiger partial charge in [0.25, 0.3) is 0 Å². The van der Waals surface area contributed by atoms with E-state index in [9.17, 15) is 0 Å². The molecule has 0 aromatic carbocycles. The van der Waals surface area contributed by atoms with Crippen LogP contribution in [0, 0.1) is 5.92 Å². The fourth-order valence-corrected chi connectivity index (χ4v) is 1.44. The summed E-state index contributed by atoms with van der Waals surface area (Å²) in [6.07, 6.45) is 7.96. The Morgan fingerprint density at radius 2 is 2.11 bits per heavy atom. The summed E-state index contributed by atoms with van der Waals surface area (Å²) < 4.78 is 0. The van der Waals surface area contributed by atoms with Gasteiger partial charge in [-0.25, -0.2) is 0 Å². The zero-order valence-electron chi connectivity index (χ0n) is 5.58. The highest BCUT2D eigenvalue weighted by atomic mass is 16.4. The minimum Gasteiger partial charge on any atom is -0.411 e. The third-order valence-electron chi connectivity index (χ3n) is 2.00. The molecule has 1 saturated carbocycles. The highest BCUT2D eigenvalue weighted by molar-refractivity contribution is 5.56. The number of nitrogens with zero attached hydrogens (tertiary/aromatic N) is 1. The lowest BCUT2D eigenvalue weighted by Crippen LogP contribution is -1.92. The molecule has 1 aliphatic rings. The zero-order chi connectivity index (χ0) is 6.53. The first-order chi connectivity index (χ1) is 4.43. The van der Waals surface area contributed by atoms with E-state index < -0.39 is 0 Å². The zero-order valence-corrected chi connectivity index (χ0v) is 5.58. The molecule has 0 spiro atoms. The van der Waals surface area contributed by atoms with Crippen molar-refractivity contribution in [1.82, 2.24) is 0 Å². The minimum absolute atomic E-state index is 0.806. The van der Waals surface area contributed by atoms with Gasteiger partial charge in [-0.1, -0.05) is 25.7 Å². The van der Waals surface area contributed by atoms with Crippen molar-refractivity contribution in [3.63, 3.8) is 0 Å². The maximum absolute atomic E-state index is 8.10. The van der Waals surface area contributed by atoms with Crippen LogP contribution in [0.2, 0.25) is 0 Å². The maximum Gasteiger partial charge on any atom is 0.0438 e. The Hall–Kier alpha value is -0.530. The normalized spacial score (nSPS) is 21.8. The molecule has 0 heterocycles. The number of hydrogen-bond donors (Lipinski definition) is 1. The van der Waals surface area contributed by atoms with Gasteiger partial charge in [0.15, 0.2) is 0 Å². The Bertz CT molecular complexity index is 95.1. The van der Waals surface area contributed by atoms with E-state index in [2.05, 4.69) is 5.16 Å². The molecule has 0 radical (unpaired) electrons. The van der Waals surface area contributed by atoms with Crippen molar-refractivity contribution in [2.45, 2.75) is 32.1 Å². The van der Waals surface area contributed by atoms with Crippen molar-refractivity contribution >= 4 is 6.21 Å². The van der Waals surface area contributed by atoms with Gasteiger partial charge in [-0.05, 0) is 12.3 Å². The summed E-state index contributed by atoms with van der Waals surface area (Å²) in [5.74, 6) is 0.806. The molecule has 0 atom stereocenters. The molecule has 0 bridgehead atoms. The second kappa shape index (κ2) is 3.49. The van der Waals surface area contributed by atoms with Crippen LogP contribution in [0.1, 0.15) is 32.1 Å². The lowest BCUT2D eigenvalue weighted by Gasteiger charge is -2.00. The van der Waals surface area contributed by atoms with Gasteiger partial charge in [0.05, 0.1) is 0 Å². The van der Waals surface area contributed by atoms with Gasteiger partial charge in [-0.2, -0.15) is 0 Å². The SMILES string of the molecule is ON=CCC1CCCC1. The van der Waals surface area contributed by atoms with Crippen LogP contribution in [0.3, 0.4) is 0 Å². The van der Waals surface area contributed by atoms with E-state index in [4.69, 9.17) is 5.21 Å². The average molecular weight is 127 g/mol. The minimum atomic E-state index is 0.806. The Labute approximate surface area is 55.6 Å². The summed E-state index contributed by atoms with van der Waals surface area (Å²) in [6, 6.07) is 0. The quantitative estimate of drug-likeness (QED) is 0.343. The van der Waals surface area contributed by atoms with Gasteiger partial charge in [0.1, 0.15) is 0 Å². The van der Waals surface area contributed by atoms with Crippen molar-refractivity contribution in [2.24, 2.45) is 11.1 Å². The Morgan fingerprint density at radius 3 is 2.67 bits per heavy atom. The van der Waals surface area contributed by atoms with E-state index in [1.807, 2.05) is 0 Å². The van der Waals surface area contributed by atoms with Crippen LogP contribution in [-0.4, -0.2) is 11.4 Å². The Balaban J connectivity index is 2.11. The highest BCUT2D eigenvalue weighted by Gasteiger charge is 2.12. The summed E-state index contributed by atoms with van der Waals surface area (Å²) >= 11 is 0. The summed E-state index contributed by atoms with van der Waals surface area (Å²) in [4.78, 5) is 0. The summed E-state index contributed by atoms with van der Waals surface area (Å²) in [5.41, 5.74) is 0. The average Bonchev–Trinajstić information content (AvgIpc) is 2.34. The predicted octanol–water partition coefficient (Wildman–Crippen LogP) is 2.03. The molecule has 1 fully saturated rings. The van der Waals surface area contributed by atoms with Crippen LogP contribution in [0.15, 0.2) is 5.16 Å².